The molecule has 1 aromatic heterocycles. The smallest absolute Gasteiger partial charge is 0.417 e. The van der Waals surface area contributed by atoms with Crippen molar-refractivity contribution >= 4 is 21.1 Å². The Bertz CT molecular complexity index is 1180. The van der Waals surface area contributed by atoms with Crippen molar-refractivity contribution in [2.75, 3.05) is 27.4 Å². The van der Waals surface area contributed by atoms with Crippen LogP contribution in [-0.2, 0) is 10.0 Å². The molecule has 10 heteroatoms. The largest absolute Gasteiger partial charge is 0.454 e. The van der Waals surface area contributed by atoms with Crippen LogP contribution in [0.25, 0.3) is 11.1 Å². The monoisotopic (exact) mass is 405 g/mol. The summed E-state index contributed by atoms with van der Waals surface area (Å²) in [7, 11) is -0.0688. The number of hydrogen-bond donors (Lipinski definition) is 2. The van der Waals surface area contributed by atoms with E-state index in [1.807, 2.05) is 37.2 Å². The van der Waals surface area contributed by atoms with Crippen LogP contribution in [-0.4, -0.2) is 45.7 Å². The first-order valence-corrected chi connectivity index (χ1v) is 10.0. The van der Waals surface area contributed by atoms with E-state index in [1.54, 1.807) is 0 Å². The number of oxazole rings is 1. The lowest BCUT2D eigenvalue weighted by atomic mass is 10.1. The summed E-state index contributed by atoms with van der Waals surface area (Å²) in [6.45, 7) is 0.319. The highest BCUT2D eigenvalue weighted by Gasteiger charge is 2.23. The second kappa shape index (κ2) is 6.97. The number of aromatic nitrogens is 1. The maximum Gasteiger partial charge on any atom is 0.417 e. The molecule has 1 aliphatic heterocycles. The minimum atomic E-state index is -3.80. The van der Waals surface area contributed by atoms with Gasteiger partial charge in [-0.25, -0.2) is 17.9 Å². The molecule has 148 valence electrons. The highest BCUT2D eigenvalue weighted by molar-refractivity contribution is 7.89. The van der Waals surface area contributed by atoms with E-state index >= 15 is 0 Å². The van der Waals surface area contributed by atoms with Crippen LogP contribution in [0.15, 0.2) is 50.5 Å². The Hall–Kier alpha value is -2.82. The number of aromatic amines is 1. The van der Waals surface area contributed by atoms with Crippen molar-refractivity contribution in [2.45, 2.75) is 10.9 Å². The van der Waals surface area contributed by atoms with Gasteiger partial charge in [0.2, 0.25) is 16.8 Å². The molecular weight excluding hydrogens is 386 g/mol. The molecule has 0 amide bonds. The van der Waals surface area contributed by atoms with Crippen molar-refractivity contribution in [3.05, 3.63) is 52.5 Å². The lowest BCUT2D eigenvalue weighted by Gasteiger charge is -2.25. The predicted octanol–water partition coefficient (Wildman–Crippen LogP) is 1.43. The number of rotatable bonds is 6. The summed E-state index contributed by atoms with van der Waals surface area (Å²) in [4.78, 5) is 15.7. The summed E-state index contributed by atoms with van der Waals surface area (Å²) in [6.07, 6.45) is 0. The number of fused-ring (bicyclic) bond motifs is 2. The molecule has 0 bridgehead atoms. The van der Waals surface area contributed by atoms with Crippen molar-refractivity contribution in [1.82, 2.24) is 14.6 Å². The van der Waals surface area contributed by atoms with Gasteiger partial charge >= 0.3 is 5.76 Å². The summed E-state index contributed by atoms with van der Waals surface area (Å²) in [5.74, 6) is 0.677. The standard InChI is InChI=1S/C18H19N3O6S/c1-21(2)14(11-3-6-15-17(7-11)26-10-25-15)9-19-28(23,24)12-4-5-13-16(8-12)27-18(22)20-13/h3-8,14,19H,9-10H2,1-2H3,(H,20,22). The summed E-state index contributed by atoms with van der Waals surface area (Å²) >= 11 is 0. The molecule has 1 aliphatic rings. The highest BCUT2D eigenvalue weighted by Crippen LogP contribution is 2.35. The van der Waals surface area contributed by atoms with Crippen LogP contribution in [0.5, 0.6) is 11.5 Å². The van der Waals surface area contributed by atoms with Gasteiger partial charge in [0.15, 0.2) is 17.1 Å². The van der Waals surface area contributed by atoms with Gasteiger partial charge in [-0.15, -0.1) is 0 Å². The molecule has 0 saturated heterocycles. The van der Waals surface area contributed by atoms with Gasteiger partial charge in [-0.05, 0) is 43.9 Å². The van der Waals surface area contributed by atoms with E-state index in [4.69, 9.17) is 13.9 Å². The molecule has 1 unspecified atom stereocenters. The van der Waals surface area contributed by atoms with Gasteiger partial charge in [0.25, 0.3) is 0 Å². The number of hydrogen-bond acceptors (Lipinski definition) is 7. The normalized spacial score (nSPS) is 14.7. The molecule has 0 aliphatic carbocycles. The Morgan fingerprint density at radius 2 is 1.93 bits per heavy atom. The van der Waals surface area contributed by atoms with Crippen LogP contribution >= 0.6 is 0 Å². The molecule has 9 nitrogen and oxygen atoms in total. The van der Waals surface area contributed by atoms with Crippen molar-refractivity contribution in [3.8, 4) is 11.5 Å². The fraction of sp³-hybridized carbons (Fsp3) is 0.278. The van der Waals surface area contributed by atoms with Gasteiger partial charge in [0.05, 0.1) is 10.4 Å². The molecule has 1 atom stereocenters. The van der Waals surface area contributed by atoms with Crippen molar-refractivity contribution in [3.63, 3.8) is 0 Å². The average Bonchev–Trinajstić information content (AvgIpc) is 3.25. The Kier molecular flexibility index (Phi) is 4.61. The number of benzene rings is 2. The number of H-pyrrole nitrogens is 1. The average molecular weight is 405 g/mol. The van der Waals surface area contributed by atoms with Gasteiger partial charge < -0.3 is 18.8 Å². The van der Waals surface area contributed by atoms with E-state index in [2.05, 4.69) is 9.71 Å². The zero-order chi connectivity index (χ0) is 19.9. The minimum absolute atomic E-state index is 0.0194. The lowest BCUT2D eigenvalue weighted by Crippen LogP contribution is -2.34. The molecule has 3 aromatic rings. The SMILES string of the molecule is CN(C)C(CNS(=O)(=O)c1ccc2[nH]c(=O)oc2c1)c1ccc2c(c1)OCO2. The zero-order valence-electron chi connectivity index (χ0n) is 15.3. The number of ether oxygens (including phenoxy) is 2. The fourth-order valence-electron chi connectivity index (χ4n) is 3.08. The Labute approximate surface area is 160 Å². The summed E-state index contributed by atoms with van der Waals surface area (Å²) < 4.78 is 43.7. The first-order valence-electron chi connectivity index (χ1n) is 8.52. The van der Waals surface area contributed by atoms with Gasteiger partial charge in [0.1, 0.15) is 0 Å². The molecule has 4 rings (SSSR count). The van der Waals surface area contributed by atoms with Crippen molar-refractivity contribution < 1.29 is 22.3 Å². The topological polar surface area (TPSA) is 114 Å². The number of sulfonamides is 1. The first kappa shape index (κ1) is 18.5. The third-order valence-corrected chi connectivity index (χ3v) is 6.00. The number of likely N-dealkylation sites (N-methyl/N-ethyl adjacent to an activating group) is 1. The van der Waals surface area contributed by atoms with Crippen LogP contribution in [0.3, 0.4) is 0 Å². The molecule has 2 aromatic carbocycles. The molecule has 0 radical (unpaired) electrons. The summed E-state index contributed by atoms with van der Waals surface area (Å²) in [5.41, 5.74) is 1.52. The van der Waals surface area contributed by atoms with E-state index in [0.29, 0.717) is 17.0 Å². The Balaban J connectivity index is 1.56. The van der Waals surface area contributed by atoms with Crippen molar-refractivity contribution in [1.29, 1.82) is 0 Å². The third kappa shape index (κ3) is 3.49. The van der Waals surface area contributed by atoms with Gasteiger partial charge in [-0.3, -0.25) is 4.98 Å². The van der Waals surface area contributed by atoms with Gasteiger partial charge in [-0.2, -0.15) is 0 Å². The van der Waals surface area contributed by atoms with Crippen LogP contribution in [0.4, 0.5) is 0 Å². The minimum Gasteiger partial charge on any atom is -0.454 e. The molecule has 0 saturated carbocycles. The van der Waals surface area contributed by atoms with E-state index in [1.165, 1.54) is 18.2 Å². The summed E-state index contributed by atoms with van der Waals surface area (Å²) in [5, 5.41) is 0. The third-order valence-electron chi connectivity index (χ3n) is 4.57. The fourth-order valence-corrected chi connectivity index (χ4v) is 4.14. The van der Waals surface area contributed by atoms with E-state index in [9.17, 15) is 13.2 Å². The van der Waals surface area contributed by atoms with Crippen LogP contribution < -0.4 is 20.0 Å². The molecule has 2 N–H and O–H groups in total. The Morgan fingerprint density at radius 3 is 2.71 bits per heavy atom. The lowest BCUT2D eigenvalue weighted by molar-refractivity contribution is 0.174. The van der Waals surface area contributed by atoms with E-state index in [0.717, 1.165) is 5.56 Å². The summed E-state index contributed by atoms with van der Waals surface area (Å²) in [6, 6.07) is 9.55. The molecular formula is C18H19N3O6S. The molecule has 0 spiro atoms. The maximum atomic E-state index is 12.7. The molecule has 0 fully saturated rings. The van der Waals surface area contributed by atoms with Gasteiger partial charge in [-0.1, -0.05) is 6.07 Å². The quantitative estimate of drug-likeness (QED) is 0.638. The van der Waals surface area contributed by atoms with Crippen LogP contribution in [0.1, 0.15) is 11.6 Å². The van der Waals surface area contributed by atoms with Gasteiger partial charge in [0, 0.05) is 18.7 Å². The predicted molar refractivity (Wildman–Crippen MR) is 101 cm³/mol. The molecule has 2 heterocycles. The highest BCUT2D eigenvalue weighted by atomic mass is 32.2. The first-order chi connectivity index (χ1) is 13.3. The maximum absolute atomic E-state index is 12.7. The second-order valence-corrected chi connectivity index (χ2v) is 8.38. The second-order valence-electron chi connectivity index (χ2n) is 6.62. The van der Waals surface area contributed by atoms with Crippen LogP contribution in [0, 0.1) is 0 Å². The number of nitrogens with one attached hydrogen (secondary N) is 2. The van der Waals surface area contributed by atoms with Crippen LogP contribution in [0.2, 0.25) is 0 Å². The Morgan fingerprint density at radius 1 is 1.14 bits per heavy atom. The molecule has 28 heavy (non-hydrogen) atoms. The zero-order valence-corrected chi connectivity index (χ0v) is 16.1. The number of nitrogens with zero attached hydrogens (tertiary/aromatic N) is 1. The van der Waals surface area contributed by atoms with E-state index < -0.39 is 15.8 Å². The van der Waals surface area contributed by atoms with Crippen molar-refractivity contribution in [2.24, 2.45) is 0 Å². The van der Waals surface area contributed by atoms with E-state index in [-0.39, 0.29) is 29.9 Å².